The molecule has 0 unspecified atom stereocenters. The molecule has 0 aliphatic carbocycles. The van der Waals surface area contributed by atoms with Crippen LogP contribution in [0.5, 0.6) is 0 Å². The molecule has 25 heavy (non-hydrogen) atoms. The summed E-state index contributed by atoms with van der Waals surface area (Å²) in [6.07, 6.45) is 0.824. The number of aromatic nitrogens is 3. The number of hydrogen-bond acceptors (Lipinski definition) is 7. The lowest BCUT2D eigenvalue weighted by molar-refractivity contribution is 0.0517. The maximum Gasteiger partial charge on any atom is 0.361 e. The highest BCUT2D eigenvalue weighted by atomic mass is 16.5. The Bertz CT molecular complexity index is 887. The summed E-state index contributed by atoms with van der Waals surface area (Å²) in [6, 6.07) is 8.37. The number of fused-ring (bicyclic) bond motifs is 1. The van der Waals surface area contributed by atoms with Crippen molar-refractivity contribution in [3.05, 3.63) is 46.9 Å². The first kappa shape index (κ1) is 16.9. The van der Waals surface area contributed by atoms with Gasteiger partial charge in [-0.1, -0.05) is 35.0 Å². The highest BCUT2D eigenvalue weighted by molar-refractivity contribution is 6.04. The average Bonchev–Trinajstić information content (AvgIpc) is 3.00. The molecular weight excluding hydrogens is 320 g/mol. The van der Waals surface area contributed by atoms with Crippen molar-refractivity contribution in [1.29, 1.82) is 0 Å². The summed E-state index contributed by atoms with van der Waals surface area (Å²) in [5, 5.41) is 7.51. The van der Waals surface area contributed by atoms with Crippen LogP contribution in [0.4, 0.5) is 5.82 Å². The Morgan fingerprint density at radius 3 is 2.68 bits per heavy atom. The molecule has 3 aromatic rings. The lowest BCUT2D eigenvalue weighted by Crippen LogP contribution is -2.10. The normalized spacial score (nSPS) is 10.8. The van der Waals surface area contributed by atoms with E-state index in [1.54, 1.807) is 13.8 Å². The van der Waals surface area contributed by atoms with E-state index in [0.29, 0.717) is 23.6 Å². The third-order valence-corrected chi connectivity index (χ3v) is 3.74. The quantitative estimate of drug-likeness (QED) is 0.690. The zero-order valence-corrected chi connectivity index (χ0v) is 14.5. The van der Waals surface area contributed by atoms with Crippen LogP contribution in [0.3, 0.4) is 0 Å². The predicted octanol–water partition coefficient (Wildman–Crippen LogP) is 3.07. The minimum Gasteiger partial charge on any atom is -0.461 e. The molecular formula is C18H20N4O3. The Morgan fingerprint density at radius 1 is 1.20 bits per heavy atom. The van der Waals surface area contributed by atoms with Crippen LogP contribution in [0.2, 0.25) is 0 Å². The van der Waals surface area contributed by atoms with Crippen LogP contribution in [0.15, 0.2) is 28.8 Å². The van der Waals surface area contributed by atoms with Gasteiger partial charge in [0.25, 0.3) is 5.71 Å². The Morgan fingerprint density at radius 2 is 1.96 bits per heavy atom. The van der Waals surface area contributed by atoms with Crippen molar-refractivity contribution in [3.63, 3.8) is 0 Å². The Kier molecular flexibility index (Phi) is 4.92. The first-order valence-corrected chi connectivity index (χ1v) is 8.19. The standard InChI is InChI=1S/C18H20N4O3/c1-4-24-18(23)15-14-16(20-12(3)21-17(14)25-22-15)19-10-9-13-7-5-11(2)6-8-13/h5-8H,4,9-10H2,1-3H3,(H,19,20,21). The number of anilines is 1. The number of rotatable bonds is 6. The molecule has 3 rings (SSSR count). The molecule has 130 valence electrons. The van der Waals surface area contributed by atoms with Crippen molar-refractivity contribution in [2.45, 2.75) is 27.2 Å². The Hall–Kier alpha value is -2.96. The van der Waals surface area contributed by atoms with Crippen molar-refractivity contribution in [1.82, 2.24) is 15.1 Å². The van der Waals surface area contributed by atoms with E-state index in [0.717, 1.165) is 6.42 Å². The highest BCUT2D eigenvalue weighted by Crippen LogP contribution is 2.25. The fourth-order valence-corrected chi connectivity index (χ4v) is 2.51. The average molecular weight is 340 g/mol. The van der Waals surface area contributed by atoms with Gasteiger partial charge in [0.1, 0.15) is 17.0 Å². The molecule has 0 amide bonds. The van der Waals surface area contributed by atoms with Gasteiger partial charge in [-0.05, 0) is 32.8 Å². The van der Waals surface area contributed by atoms with Gasteiger partial charge >= 0.3 is 5.97 Å². The van der Waals surface area contributed by atoms with Crippen LogP contribution in [0, 0.1) is 13.8 Å². The minimum atomic E-state index is -0.546. The summed E-state index contributed by atoms with van der Waals surface area (Å²) in [7, 11) is 0. The van der Waals surface area contributed by atoms with Gasteiger partial charge in [-0.25, -0.2) is 9.78 Å². The van der Waals surface area contributed by atoms with Crippen LogP contribution in [0.25, 0.3) is 11.1 Å². The maximum atomic E-state index is 12.1. The Labute approximate surface area is 145 Å². The van der Waals surface area contributed by atoms with Crippen LogP contribution in [0.1, 0.15) is 34.4 Å². The van der Waals surface area contributed by atoms with Crippen molar-refractivity contribution in [2.75, 3.05) is 18.5 Å². The summed E-state index contributed by atoms with van der Waals surface area (Å²) in [6.45, 7) is 6.47. The zero-order valence-electron chi connectivity index (χ0n) is 14.5. The monoisotopic (exact) mass is 340 g/mol. The molecule has 2 heterocycles. The van der Waals surface area contributed by atoms with Gasteiger partial charge in [-0.15, -0.1) is 0 Å². The van der Waals surface area contributed by atoms with Crippen LogP contribution in [-0.4, -0.2) is 34.2 Å². The van der Waals surface area contributed by atoms with Crippen molar-refractivity contribution >= 4 is 22.9 Å². The first-order chi connectivity index (χ1) is 12.1. The second-order valence-corrected chi connectivity index (χ2v) is 5.71. The summed E-state index contributed by atoms with van der Waals surface area (Å²) in [5.74, 6) is 0.520. The minimum absolute atomic E-state index is 0.0923. The second kappa shape index (κ2) is 7.29. The van der Waals surface area contributed by atoms with E-state index in [9.17, 15) is 4.79 Å². The van der Waals surface area contributed by atoms with Crippen LogP contribution in [-0.2, 0) is 11.2 Å². The molecule has 7 nitrogen and oxygen atoms in total. The molecule has 0 radical (unpaired) electrons. The third-order valence-electron chi connectivity index (χ3n) is 3.74. The van der Waals surface area contributed by atoms with E-state index < -0.39 is 5.97 Å². The predicted molar refractivity (Wildman–Crippen MR) is 93.7 cm³/mol. The molecule has 1 N–H and O–H groups in total. The van der Waals surface area contributed by atoms with Crippen molar-refractivity contribution < 1.29 is 14.1 Å². The molecule has 1 aromatic carbocycles. The van der Waals surface area contributed by atoms with E-state index in [-0.39, 0.29) is 18.0 Å². The summed E-state index contributed by atoms with van der Waals surface area (Å²) < 4.78 is 10.2. The molecule has 0 saturated heterocycles. The number of nitrogens with zero attached hydrogens (tertiary/aromatic N) is 3. The fraction of sp³-hybridized carbons (Fsp3) is 0.333. The van der Waals surface area contributed by atoms with Gasteiger partial charge in [0.05, 0.1) is 6.61 Å². The van der Waals surface area contributed by atoms with Crippen LogP contribution >= 0.6 is 0 Å². The van der Waals surface area contributed by atoms with Gasteiger partial charge in [-0.3, -0.25) is 0 Å². The number of ether oxygens (including phenoxy) is 1. The Balaban J connectivity index is 1.83. The van der Waals surface area contributed by atoms with Crippen molar-refractivity contribution in [3.8, 4) is 0 Å². The molecule has 0 atom stereocenters. The van der Waals surface area contributed by atoms with Gasteiger partial charge in [0, 0.05) is 6.54 Å². The number of aryl methyl sites for hydroxylation is 2. The SMILES string of the molecule is CCOC(=O)c1noc2nc(C)nc(NCCc3ccc(C)cc3)c12. The number of hydrogen-bond donors (Lipinski definition) is 1. The smallest absolute Gasteiger partial charge is 0.361 e. The lowest BCUT2D eigenvalue weighted by Gasteiger charge is -2.08. The second-order valence-electron chi connectivity index (χ2n) is 5.71. The van der Waals surface area contributed by atoms with Gasteiger partial charge in [0.15, 0.2) is 0 Å². The number of carbonyl (C=O) groups is 1. The van der Waals surface area contributed by atoms with Crippen molar-refractivity contribution in [2.24, 2.45) is 0 Å². The first-order valence-electron chi connectivity index (χ1n) is 8.19. The van der Waals surface area contributed by atoms with E-state index in [4.69, 9.17) is 9.26 Å². The van der Waals surface area contributed by atoms with Gasteiger partial charge in [-0.2, -0.15) is 4.98 Å². The van der Waals surface area contributed by atoms with Gasteiger partial charge in [0.2, 0.25) is 5.69 Å². The highest BCUT2D eigenvalue weighted by Gasteiger charge is 2.22. The molecule has 0 aliphatic heterocycles. The number of benzene rings is 1. The zero-order chi connectivity index (χ0) is 17.8. The summed E-state index contributed by atoms with van der Waals surface area (Å²) in [5.41, 5.74) is 2.81. The summed E-state index contributed by atoms with van der Waals surface area (Å²) >= 11 is 0. The molecule has 0 aliphatic rings. The molecule has 2 aromatic heterocycles. The number of carbonyl (C=O) groups excluding carboxylic acids is 1. The molecule has 0 bridgehead atoms. The van der Waals surface area contributed by atoms with E-state index in [2.05, 4.69) is 51.6 Å². The molecule has 0 saturated carbocycles. The maximum absolute atomic E-state index is 12.1. The van der Waals surface area contributed by atoms with Gasteiger partial charge < -0.3 is 14.6 Å². The lowest BCUT2D eigenvalue weighted by atomic mass is 10.1. The molecule has 7 heteroatoms. The fourth-order valence-electron chi connectivity index (χ4n) is 2.51. The number of nitrogens with one attached hydrogen (secondary N) is 1. The molecule has 0 fully saturated rings. The van der Waals surface area contributed by atoms with E-state index >= 15 is 0 Å². The van der Waals surface area contributed by atoms with Crippen LogP contribution < -0.4 is 5.32 Å². The topological polar surface area (TPSA) is 90.1 Å². The largest absolute Gasteiger partial charge is 0.461 e. The van der Waals surface area contributed by atoms with E-state index in [1.165, 1.54) is 11.1 Å². The number of esters is 1. The molecule has 0 spiro atoms. The van der Waals surface area contributed by atoms with E-state index in [1.807, 2.05) is 0 Å². The summed E-state index contributed by atoms with van der Waals surface area (Å²) in [4.78, 5) is 20.6. The third kappa shape index (κ3) is 3.76.